The van der Waals surface area contributed by atoms with Gasteiger partial charge in [0.25, 0.3) is 0 Å². The highest BCUT2D eigenvalue weighted by Crippen LogP contribution is 2.19. The molecule has 0 aliphatic carbocycles. The quantitative estimate of drug-likeness (QED) is 0.771. The first-order valence-corrected chi connectivity index (χ1v) is 5.95. The number of aromatic nitrogens is 1. The molecule has 1 aliphatic rings. The van der Waals surface area contributed by atoms with E-state index in [4.69, 9.17) is 5.11 Å². The van der Waals surface area contributed by atoms with Crippen molar-refractivity contribution in [2.24, 2.45) is 0 Å². The number of carbonyl (C=O) groups excluding carboxylic acids is 1. The van der Waals surface area contributed by atoms with Crippen LogP contribution in [0.15, 0.2) is 18.3 Å². The summed E-state index contributed by atoms with van der Waals surface area (Å²) in [5.41, 5.74) is 1.65. The number of pyridine rings is 1. The minimum Gasteiger partial charge on any atom is -0.478 e. The zero-order valence-corrected chi connectivity index (χ0v) is 10.6. The number of aliphatic carboxylic acids is 1. The van der Waals surface area contributed by atoms with Crippen molar-refractivity contribution in [2.45, 2.75) is 6.92 Å². The molecule has 0 bridgehead atoms. The zero-order chi connectivity index (χ0) is 13.8. The molecule has 2 N–H and O–H groups in total. The Morgan fingerprint density at radius 3 is 3.00 bits per heavy atom. The van der Waals surface area contributed by atoms with Gasteiger partial charge in [-0.15, -0.1) is 0 Å². The Kier molecular flexibility index (Phi) is 3.79. The van der Waals surface area contributed by atoms with E-state index in [-0.39, 0.29) is 5.91 Å². The van der Waals surface area contributed by atoms with Crippen molar-refractivity contribution < 1.29 is 14.7 Å². The summed E-state index contributed by atoms with van der Waals surface area (Å²) < 4.78 is 0. The van der Waals surface area contributed by atoms with Gasteiger partial charge >= 0.3 is 5.97 Å². The molecule has 0 atom stereocenters. The van der Waals surface area contributed by atoms with Crippen LogP contribution in [0.5, 0.6) is 0 Å². The number of hydrogen-bond acceptors (Lipinski definition) is 4. The second-order valence-corrected chi connectivity index (χ2v) is 4.35. The molecule has 0 unspecified atom stereocenters. The molecule has 0 radical (unpaired) electrons. The van der Waals surface area contributed by atoms with Crippen molar-refractivity contribution in [3.8, 4) is 0 Å². The number of nitrogens with zero attached hydrogens (tertiary/aromatic N) is 2. The molecular weight excluding hydrogens is 246 g/mol. The summed E-state index contributed by atoms with van der Waals surface area (Å²) in [5, 5.41) is 11.3. The number of carboxylic acids is 1. The maximum absolute atomic E-state index is 11.3. The highest BCUT2D eigenvalue weighted by Gasteiger charge is 2.18. The monoisotopic (exact) mass is 261 g/mol. The first kappa shape index (κ1) is 13.1. The average Bonchev–Trinajstić information content (AvgIpc) is 2.36. The number of aryl methyl sites for hydroxylation is 1. The Labute approximate surface area is 110 Å². The Hall–Kier alpha value is -2.37. The van der Waals surface area contributed by atoms with Gasteiger partial charge in [-0.3, -0.25) is 4.79 Å². The molecule has 19 heavy (non-hydrogen) atoms. The predicted molar refractivity (Wildman–Crippen MR) is 70.9 cm³/mol. The summed E-state index contributed by atoms with van der Waals surface area (Å²) >= 11 is 0. The molecule has 2 heterocycles. The van der Waals surface area contributed by atoms with E-state index in [1.54, 1.807) is 6.20 Å². The van der Waals surface area contributed by atoms with Crippen molar-refractivity contribution in [3.63, 3.8) is 0 Å². The number of anilines is 1. The topological polar surface area (TPSA) is 82.5 Å². The summed E-state index contributed by atoms with van der Waals surface area (Å²) in [5.74, 6) is -0.237. The predicted octanol–water partition coefficient (Wildman–Crippen LogP) is 0.424. The SMILES string of the molecule is Cc1cc(/C=C/C(=O)O)cnc1N1CCNC(=O)C1. The van der Waals surface area contributed by atoms with E-state index in [0.29, 0.717) is 13.1 Å². The van der Waals surface area contributed by atoms with Gasteiger partial charge in [-0.1, -0.05) is 0 Å². The van der Waals surface area contributed by atoms with E-state index < -0.39 is 5.97 Å². The van der Waals surface area contributed by atoms with E-state index in [1.807, 2.05) is 17.9 Å². The molecular formula is C13H15N3O3. The maximum atomic E-state index is 11.3. The number of nitrogens with one attached hydrogen (secondary N) is 1. The van der Waals surface area contributed by atoms with Crippen molar-refractivity contribution in [1.82, 2.24) is 10.3 Å². The van der Waals surface area contributed by atoms with Gasteiger partial charge < -0.3 is 15.3 Å². The Morgan fingerprint density at radius 1 is 1.58 bits per heavy atom. The number of piperazine rings is 1. The Bertz CT molecular complexity index is 540. The van der Waals surface area contributed by atoms with Crippen LogP contribution in [0.3, 0.4) is 0 Å². The van der Waals surface area contributed by atoms with E-state index in [9.17, 15) is 9.59 Å². The molecule has 1 fully saturated rings. The van der Waals surface area contributed by atoms with Crippen LogP contribution in [0.1, 0.15) is 11.1 Å². The van der Waals surface area contributed by atoms with Crippen LogP contribution in [-0.4, -0.2) is 41.6 Å². The molecule has 6 nitrogen and oxygen atoms in total. The molecule has 6 heteroatoms. The lowest BCUT2D eigenvalue weighted by atomic mass is 10.1. The smallest absolute Gasteiger partial charge is 0.328 e. The van der Waals surface area contributed by atoms with E-state index in [2.05, 4.69) is 10.3 Å². The third-order valence-electron chi connectivity index (χ3n) is 2.83. The van der Waals surface area contributed by atoms with Gasteiger partial charge in [-0.2, -0.15) is 0 Å². The second-order valence-electron chi connectivity index (χ2n) is 4.35. The van der Waals surface area contributed by atoms with Crippen molar-refractivity contribution in [2.75, 3.05) is 24.5 Å². The van der Waals surface area contributed by atoms with Gasteiger partial charge in [0.05, 0.1) is 6.54 Å². The van der Waals surface area contributed by atoms with Crippen LogP contribution >= 0.6 is 0 Å². The molecule has 100 valence electrons. The largest absolute Gasteiger partial charge is 0.478 e. The maximum Gasteiger partial charge on any atom is 0.328 e. The standard InChI is InChI=1S/C13H15N3O3/c1-9-6-10(2-3-12(18)19)7-15-13(9)16-5-4-14-11(17)8-16/h2-3,6-7H,4-5,8H2,1H3,(H,14,17)(H,18,19)/b3-2+. The first-order chi connectivity index (χ1) is 9.06. The zero-order valence-electron chi connectivity index (χ0n) is 10.6. The first-order valence-electron chi connectivity index (χ1n) is 5.95. The fraction of sp³-hybridized carbons (Fsp3) is 0.308. The van der Waals surface area contributed by atoms with Gasteiger partial charge in [-0.25, -0.2) is 9.78 Å². The normalized spacial score (nSPS) is 15.6. The summed E-state index contributed by atoms with van der Waals surface area (Å²) in [6.07, 6.45) is 4.17. The van der Waals surface area contributed by atoms with Crippen LogP contribution in [0.25, 0.3) is 6.08 Å². The number of amides is 1. The number of hydrogen-bond donors (Lipinski definition) is 2. The lowest BCUT2D eigenvalue weighted by Crippen LogP contribution is -2.48. The van der Waals surface area contributed by atoms with E-state index >= 15 is 0 Å². The van der Waals surface area contributed by atoms with Crippen LogP contribution in [-0.2, 0) is 9.59 Å². The minimum absolute atomic E-state index is 0.0118. The Morgan fingerprint density at radius 2 is 2.37 bits per heavy atom. The second kappa shape index (κ2) is 5.51. The Balaban J connectivity index is 2.19. The lowest BCUT2D eigenvalue weighted by molar-refractivity contribution is -0.131. The van der Waals surface area contributed by atoms with E-state index in [1.165, 1.54) is 6.08 Å². The van der Waals surface area contributed by atoms with Crippen LogP contribution in [0.4, 0.5) is 5.82 Å². The molecule has 0 saturated carbocycles. The molecule has 1 aromatic rings. The third kappa shape index (κ3) is 3.31. The summed E-state index contributed by atoms with van der Waals surface area (Å²) in [6.45, 7) is 3.54. The van der Waals surface area contributed by atoms with Crippen LogP contribution in [0, 0.1) is 6.92 Å². The lowest BCUT2D eigenvalue weighted by Gasteiger charge is -2.28. The number of carboxylic acid groups (broad SMARTS) is 1. The fourth-order valence-electron chi connectivity index (χ4n) is 2.00. The van der Waals surface area contributed by atoms with E-state index in [0.717, 1.165) is 29.6 Å². The molecule has 1 aromatic heterocycles. The van der Waals surface area contributed by atoms with Gasteiger partial charge in [0.1, 0.15) is 5.82 Å². The molecule has 2 rings (SSSR count). The molecule has 1 amide bonds. The summed E-state index contributed by atoms with van der Waals surface area (Å²) in [4.78, 5) is 28.0. The third-order valence-corrected chi connectivity index (χ3v) is 2.83. The van der Waals surface area contributed by atoms with Gasteiger partial charge in [0.2, 0.25) is 5.91 Å². The summed E-state index contributed by atoms with van der Waals surface area (Å²) in [6, 6.07) is 1.86. The van der Waals surface area contributed by atoms with Crippen LogP contribution in [0.2, 0.25) is 0 Å². The number of rotatable bonds is 3. The van der Waals surface area contributed by atoms with Crippen molar-refractivity contribution in [3.05, 3.63) is 29.5 Å². The van der Waals surface area contributed by atoms with Gasteiger partial charge in [0, 0.05) is 25.4 Å². The van der Waals surface area contributed by atoms with Gasteiger partial charge in [-0.05, 0) is 30.2 Å². The van der Waals surface area contributed by atoms with Gasteiger partial charge in [0.15, 0.2) is 0 Å². The summed E-state index contributed by atoms with van der Waals surface area (Å²) in [7, 11) is 0. The molecule has 1 saturated heterocycles. The fourth-order valence-corrected chi connectivity index (χ4v) is 2.00. The highest BCUT2D eigenvalue weighted by molar-refractivity contribution is 5.85. The average molecular weight is 261 g/mol. The van der Waals surface area contributed by atoms with Crippen LogP contribution < -0.4 is 10.2 Å². The molecule has 1 aliphatic heterocycles. The molecule has 0 aromatic carbocycles. The van der Waals surface area contributed by atoms with Crippen molar-refractivity contribution >= 4 is 23.8 Å². The molecule has 0 spiro atoms. The highest BCUT2D eigenvalue weighted by atomic mass is 16.4. The minimum atomic E-state index is -0.991. The van der Waals surface area contributed by atoms with Crippen molar-refractivity contribution in [1.29, 1.82) is 0 Å². The number of carbonyl (C=O) groups is 2.